The van der Waals surface area contributed by atoms with Crippen LogP contribution in [0.2, 0.25) is 5.15 Å². The molecule has 144 valence electrons. The number of fused-ring (bicyclic) bond motifs is 2. The Labute approximate surface area is 170 Å². The first-order chi connectivity index (χ1) is 14.2. The van der Waals surface area contributed by atoms with Crippen molar-refractivity contribution in [3.63, 3.8) is 0 Å². The van der Waals surface area contributed by atoms with Gasteiger partial charge in [0.05, 0.1) is 11.9 Å². The second-order valence-electron chi connectivity index (χ2n) is 6.55. The highest BCUT2D eigenvalue weighted by Gasteiger charge is 2.16. The lowest BCUT2D eigenvalue weighted by Gasteiger charge is -2.06. The van der Waals surface area contributed by atoms with Crippen LogP contribution in [0.15, 0.2) is 60.8 Å². The van der Waals surface area contributed by atoms with E-state index in [1.807, 2.05) is 35.0 Å². The van der Waals surface area contributed by atoms with Crippen molar-refractivity contribution in [1.29, 1.82) is 0 Å². The molecule has 3 heterocycles. The first kappa shape index (κ1) is 17.5. The highest BCUT2D eigenvalue weighted by molar-refractivity contribution is 6.29. The fraction of sp³-hybridized carbons (Fsp3) is 0.0952. The summed E-state index contributed by atoms with van der Waals surface area (Å²) in [5, 5.41) is 12.3. The second kappa shape index (κ2) is 7.10. The normalized spacial score (nSPS) is 12.3. The molecule has 0 saturated heterocycles. The van der Waals surface area contributed by atoms with Crippen LogP contribution < -0.4 is 14.8 Å². The summed E-state index contributed by atoms with van der Waals surface area (Å²) in [4.78, 5) is 12.7. The summed E-state index contributed by atoms with van der Waals surface area (Å²) in [7, 11) is 0. The van der Waals surface area contributed by atoms with Crippen LogP contribution in [0.3, 0.4) is 0 Å². The number of aromatic nitrogens is 3. The number of carbonyl (C=O) groups excluding carboxylic acids is 1. The van der Waals surface area contributed by atoms with Crippen LogP contribution in [0.25, 0.3) is 16.7 Å². The van der Waals surface area contributed by atoms with Crippen LogP contribution in [-0.4, -0.2) is 27.5 Å². The van der Waals surface area contributed by atoms with Crippen molar-refractivity contribution in [3.8, 4) is 17.3 Å². The van der Waals surface area contributed by atoms with Crippen LogP contribution in [-0.2, 0) is 11.2 Å². The van der Waals surface area contributed by atoms with Gasteiger partial charge in [-0.3, -0.25) is 9.36 Å². The van der Waals surface area contributed by atoms with Crippen molar-refractivity contribution >= 4 is 34.1 Å². The van der Waals surface area contributed by atoms with E-state index in [9.17, 15) is 4.79 Å². The Morgan fingerprint density at radius 3 is 2.79 bits per heavy atom. The quantitative estimate of drug-likeness (QED) is 0.554. The van der Waals surface area contributed by atoms with E-state index in [1.54, 1.807) is 30.3 Å². The monoisotopic (exact) mass is 406 g/mol. The minimum absolute atomic E-state index is 0.131. The van der Waals surface area contributed by atoms with Gasteiger partial charge in [-0.15, -0.1) is 10.2 Å². The summed E-state index contributed by atoms with van der Waals surface area (Å²) in [6.45, 7) is 0.194. The van der Waals surface area contributed by atoms with Crippen LogP contribution in [0.1, 0.15) is 5.56 Å². The third-order valence-electron chi connectivity index (χ3n) is 4.67. The van der Waals surface area contributed by atoms with Crippen molar-refractivity contribution in [3.05, 3.63) is 71.5 Å². The number of nitrogens with zero attached hydrogens (tertiary/aromatic N) is 3. The number of nitrogens with one attached hydrogen (secondary N) is 1. The maximum absolute atomic E-state index is 12.7. The fourth-order valence-corrected chi connectivity index (χ4v) is 3.47. The van der Waals surface area contributed by atoms with E-state index >= 15 is 0 Å². The zero-order chi connectivity index (χ0) is 19.8. The van der Waals surface area contributed by atoms with Crippen molar-refractivity contribution in [2.24, 2.45) is 0 Å². The summed E-state index contributed by atoms with van der Waals surface area (Å²) in [5.41, 5.74) is 2.48. The van der Waals surface area contributed by atoms with Gasteiger partial charge in [-0.1, -0.05) is 29.8 Å². The standard InChI is InChI=1S/C21H15ClN4O3/c22-19-7-8-20(25-24-19)26-11-13(15-3-1-2-4-16(15)26)9-21(27)23-14-5-6-17-18(10-14)29-12-28-17/h1-8,10-11H,9,12H2,(H,23,27). The Morgan fingerprint density at radius 2 is 1.93 bits per heavy atom. The molecule has 1 amide bonds. The topological polar surface area (TPSA) is 78.3 Å². The average Bonchev–Trinajstić information content (AvgIpc) is 3.33. The number of benzene rings is 2. The first-order valence-electron chi connectivity index (χ1n) is 8.95. The minimum Gasteiger partial charge on any atom is -0.454 e. The molecular formula is C21H15ClN4O3. The Hall–Kier alpha value is -3.58. The molecule has 0 fully saturated rings. The Balaban J connectivity index is 1.43. The molecule has 5 rings (SSSR count). The van der Waals surface area contributed by atoms with Gasteiger partial charge in [-0.2, -0.15) is 0 Å². The Bertz CT molecular complexity index is 1220. The van der Waals surface area contributed by atoms with Gasteiger partial charge < -0.3 is 14.8 Å². The maximum Gasteiger partial charge on any atom is 0.231 e. The zero-order valence-electron chi connectivity index (χ0n) is 15.1. The number of carbonyl (C=O) groups is 1. The van der Waals surface area contributed by atoms with Crippen LogP contribution in [0.5, 0.6) is 11.5 Å². The van der Waals surface area contributed by atoms with Crippen LogP contribution in [0, 0.1) is 0 Å². The molecule has 1 aliphatic heterocycles. The molecular weight excluding hydrogens is 392 g/mol. The summed E-state index contributed by atoms with van der Waals surface area (Å²) < 4.78 is 12.6. The van der Waals surface area contributed by atoms with Gasteiger partial charge in [-0.25, -0.2) is 0 Å². The zero-order valence-corrected chi connectivity index (χ0v) is 15.9. The molecule has 0 aliphatic carbocycles. The number of rotatable bonds is 4. The highest BCUT2D eigenvalue weighted by atomic mass is 35.5. The van der Waals surface area contributed by atoms with Crippen molar-refractivity contribution in [2.45, 2.75) is 6.42 Å². The number of halogens is 1. The predicted octanol–water partition coefficient (Wildman–Crippen LogP) is 3.98. The molecule has 1 aliphatic rings. The fourth-order valence-electron chi connectivity index (χ4n) is 3.37. The SMILES string of the molecule is O=C(Cc1cn(-c2ccc(Cl)nn2)c2ccccc12)Nc1ccc2c(c1)OCO2. The molecule has 8 heteroatoms. The van der Waals surface area contributed by atoms with Crippen molar-refractivity contribution in [2.75, 3.05) is 12.1 Å². The molecule has 0 saturated carbocycles. The van der Waals surface area contributed by atoms with Crippen molar-refractivity contribution in [1.82, 2.24) is 14.8 Å². The summed E-state index contributed by atoms with van der Waals surface area (Å²) >= 11 is 5.85. The summed E-state index contributed by atoms with van der Waals surface area (Å²) in [6, 6.07) is 16.7. The molecule has 7 nitrogen and oxygen atoms in total. The number of hydrogen-bond donors (Lipinski definition) is 1. The van der Waals surface area contributed by atoms with Gasteiger partial charge in [-0.05, 0) is 35.9 Å². The maximum atomic E-state index is 12.7. The molecule has 29 heavy (non-hydrogen) atoms. The number of ether oxygens (including phenoxy) is 2. The van der Waals surface area contributed by atoms with Gasteiger partial charge in [0.2, 0.25) is 12.7 Å². The van der Waals surface area contributed by atoms with E-state index in [4.69, 9.17) is 21.1 Å². The molecule has 0 spiro atoms. The number of para-hydroxylation sites is 1. The third-order valence-corrected chi connectivity index (χ3v) is 4.87. The second-order valence-corrected chi connectivity index (χ2v) is 6.94. The molecule has 4 aromatic rings. The Kier molecular flexibility index (Phi) is 4.29. The van der Waals surface area contributed by atoms with Gasteiger partial charge in [0, 0.05) is 23.3 Å². The number of hydrogen-bond acceptors (Lipinski definition) is 5. The average molecular weight is 407 g/mol. The minimum atomic E-state index is -0.131. The molecule has 0 atom stereocenters. The van der Waals surface area contributed by atoms with E-state index in [0.29, 0.717) is 28.2 Å². The predicted molar refractivity (Wildman–Crippen MR) is 109 cm³/mol. The third kappa shape index (κ3) is 3.36. The first-order valence-corrected chi connectivity index (χ1v) is 9.33. The van der Waals surface area contributed by atoms with E-state index in [2.05, 4.69) is 15.5 Å². The summed E-state index contributed by atoms with van der Waals surface area (Å²) in [5.74, 6) is 1.80. The number of amides is 1. The van der Waals surface area contributed by atoms with E-state index in [-0.39, 0.29) is 19.1 Å². The lowest BCUT2D eigenvalue weighted by atomic mass is 10.1. The van der Waals surface area contributed by atoms with Gasteiger partial charge in [0.15, 0.2) is 22.5 Å². The van der Waals surface area contributed by atoms with Gasteiger partial charge in [0.1, 0.15) is 0 Å². The Morgan fingerprint density at radius 1 is 1.07 bits per heavy atom. The highest BCUT2D eigenvalue weighted by Crippen LogP contribution is 2.34. The smallest absolute Gasteiger partial charge is 0.231 e. The van der Waals surface area contributed by atoms with E-state index < -0.39 is 0 Å². The van der Waals surface area contributed by atoms with Crippen molar-refractivity contribution < 1.29 is 14.3 Å². The molecule has 2 aromatic carbocycles. The largest absolute Gasteiger partial charge is 0.454 e. The lowest BCUT2D eigenvalue weighted by Crippen LogP contribution is -2.14. The molecule has 2 aromatic heterocycles. The lowest BCUT2D eigenvalue weighted by molar-refractivity contribution is -0.115. The molecule has 0 unspecified atom stereocenters. The number of anilines is 1. The molecule has 0 radical (unpaired) electrons. The van der Waals surface area contributed by atoms with Crippen LogP contribution >= 0.6 is 11.6 Å². The summed E-state index contributed by atoms with van der Waals surface area (Å²) in [6.07, 6.45) is 2.12. The molecule has 1 N–H and O–H groups in total. The van der Waals surface area contributed by atoms with Gasteiger partial charge >= 0.3 is 0 Å². The van der Waals surface area contributed by atoms with E-state index in [0.717, 1.165) is 16.5 Å². The van der Waals surface area contributed by atoms with Crippen LogP contribution in [0.4, 0.5) is 5.69 Å². The van der Waals surface area contributed by atoms with E-state index in [1.165, 1.54) is 0 Å². The van der Waals surface area contributed by atoms with Gasteiger partial charge in [0.25, 0.3) is 0 Å². The molecule has 0 bridgehead atoms.